The molecule has 16 heavy (non-hydrogen) atoms. The number of nitrogens with zero attached hydrogens (tertiary/aromatic N) is 4. The molecule has 0 aromatic carbocycles. The fourth-order valence-electron chi connectivity index (χ4n) is 1.41. The largest absolute Gasteiger partial charge is 0.395 e. The van der Waals surface area contributed by atoms with Crippen molar-refractivity contribution in [1.82, 2.24) is 20.2 Å². The highest BCUT2D eigenvalue weighted by molar-refractivity contribution is 7.99. The third-order valence-corrected chi connectivity index (χ3v) is 3.60. The Bertz CT molecular complexity index is 317. The third kappa shape index (κ3) is 3.73. The summed E-state index contributed by atoms with van der Waals surface area (Å²) in [5, 5.41) is 21.1. The number of aliphatic hydroxyl groups excluding tert-OH is 1. The maximum Gasteiger partial charge on any atom is 0.209 e. The van der Waals surface area contributed by atoms with Gasteiger partial charge in [-0.2, -0.15) is 0 Å². The van der Waals surface area contributed by atoms with Crippen molar-refractivity contribution in [3.8, 4) is 0 Å². The van der Waals surface area contributed by atoms with Gasteiger partial charge in [-0.25, -0.2) is 4.68 Å². The van der Waals surface area contributed by atoms with Gasteiger partial charge in [0.2, 0.25) is 5.16 Å². The van der Waals surface area contributed by atoms with Crippen molar-refractivity contribution in [2.45, 2.75) is 36.7 Å². The summed E-state index contributed by atoms with van der Waals surface area (Å²) < 4.78 is 1.58. The van der Waals surface area contributed by atoms with Gasteiger partial charge in [-0.05, 0) is 22.8 Å². The molecule has 2 atom stereocenters. The van der Waals surface area contributed by atoms with Crippen molar-refractivity contribution in [2.24, 2.45) is 18.7 Å². The molecule has 92 valence electrons. The topological polar surface area (TPSA) is 89.8 Å². The van der Waals surface area contributed by atoms with Crippen LogP contribution in [0.4, 0.5) is 0 Å². The van der Waals surface area contributed by atoms with Gasteiger partial charge in [0, 0.05) is 13.1 Å². The van der Waals surface area contributed by atoms with Gasteiger partial charge in [0.05, 0.1) is 11.9 Å². The predicted octanol–water partition coefficient (Wildman–Crippen LogP) is 0.0365. The van der Waals surface area contributed by atoms with Crippen LogP contribution in [0.2, 0.25) is 0 Å². The SMILES string of the molecule is CC(C)CC(N)C(CO)Sc1nnnn1C. The Kier molecular flexibility index (Phi) is 5.17. The molecule has 0 fully saturated rings. The molecule has 0 radical (unpaired) electrons. The Balaban J connectivity index is 2.58. The van der Waals surface area contributed by atoms with Crippen LogP contribution in [-0.2, 0) is 7.05 Å². The first-order chi connectivity index (χ1) is 7.54. The molecule has 1 rings (SSSR count). The Morgan fingerprint density at radius 3 is 2.62 bits per heavy atom. The van der Waals surface area contributed by atoms with Gasteiger partial charge in [-0.15, -0.1) is 5.10 Å². The van der Waals surface area contributed by atoms with Gasteiger partial charge < -0.3 is 10.8 Å². The molecule has 7 heteroatoms. The summed E-state index contributed by atoms with van der Waals surface area (Å²) in [7, 11) is 1.77. The summed E-state index contributed by atoms with van der Waals surface area (Å²) in [5.41, 5.74) is 6.04. The van der Waals surface area contributed by atoms with E-state index >= 15 is 0 Å². The summed E-state index contributed by atoms with van der Waals surface area (Å²) in [6, 6.07) is -0.0494. The lowest BCUT2D eigenvalue weighted by molar-refractivity contribution is 0.274. The minimum atomic E-state index is -0.0629. The number of tetrazole rings is 1. The van der Waals surface area contributed by atoms with Gasteiger partial charge in [0.15, 0.2) is 0 Å². The van der Waals surface area contributed by atoms with E-state index in [1.807, 2.05) is 0 Å². The van der Waals surface area contributed by atoms with Gasteiger partial charge in [0.25, 0.3) is 0 Å². The maximum atomic E-state index is 9.32. The highest BCUT2D eigenvalue weighted by Gasteiger charge is 2.21. The molecule has 1 aromatic rings. The number of thioether (sulfide) groups is 1. The van der Waals surface area contributed by atoms with Crippen molar-refractivity contribution in [3.05, 3.63) is 0 Å². The fraction of sp³-hybridized carbons (Fsp3) is 0.889. The molecule has 0 bridgehead atoms. The number of hydrogen-bond donors (Lipinski definition) is 2. The zero-order chi connectivity index (χ0) is 12.1. The highest BCUT2D eigenvalue weighted by Crippen LogP contribution is 2.23. The molecule has 0 aliphatic rings. The molecule has 1 aromatic heterocycles. The van der Waals surface area contributed by atoms with Crippen molar-refractivity contribution >= 4 is 11.8 Å². The van der Waals surface area contributed by atoms with Crippen LogP contribution in [0, 0.1) is 5.92 Å². The molecule has 1 heterocycles. The van der Waals surface area contributed by atoms with E-state index in [1.165, 1.54) is 11.8 Å². The van der Waals surface area contributed by atoms with Crippen molar-refractivity contribution in [3.63, 3.8) is 0 Å². The van der Waals surface area contributed by atoms with Crippen LogP contribution in [0.25, 0.3) is 0 Å². The predicted molar refractivity (Wildman–Crippen MR) is 63.0 cm³/mol. The van der Waals surface area contributed by atoms with E-state index in [0.717, 1.165) is 6.42 Å². The van der Waals surface area contributed by atoms with E-state index < -0.39 is 0 Å². The summed E-state index contributed by atoms with van der Waals surface area (Å²) in [5.74, 6) is 0.516. The summed E-state index contributed by atoms with van der Waals surface area (Å²) in [6.07, 6.45) is 0.878. The molecule has 0 spiro atoms. The molecule has 0 amide bonds. The first-order valence-electron chi connectivity index (χ1n) is 5.30. The molecule has 0 saturated heterocycles. The Hall–Kier alpha value is -0.660. The number of rotatable bonds is 6. The van der Waals surface area contributed by atoms with Crippen LogP contribution in [0.5, 0.6) is 0 Å². The van der Waals surface area contributed by atoms with Crippen molar-refractivity contribution < 1.29 is 5.11 Å². The van der Waals surface area contributed by atoms with E-state index in [4.69, 9.17) is 5.73 Å². The number of aromatic nitrogens is 4. The highest BCUT2D eigenvalue weighted by atomic mass is 32.2. The van der Waals surface area contributed by atoms with E-state index in [2.05, 4.69) is 29.4 Å². The van der Waals surface area contributed by atoms with Gasteiger partial charge in [-0.3, -0.25) is 0 Å². The van der Waals surface area contributed by atoms with Gasteiger partial charge in [0.1, 0.15) is 0 Å². The fourth-order valence-corrected chi connectivity index (χ4v) is 2.32. The second-order valence-electron chi connectivity index (χ2n) is 4.22. The molecule has 2 unspecified atom stereocenters. The Labute approximate surface area is 99.6 Å². The van der Waals surface area contributed by atoms with E-state index in [1.54, 1.807) is 11.7 Å². The number of aryl methyl sites for hydroxylation is 1. The third-order valence-electron chi connectivity index (χ3n) is 2.24. The lowest BCUT2D eigenvalue weighted by Gasteiger charge is -2.22. The first-order valence-corrected chi connectivity index (χ1v) is 6.18. The Morgan fingerprint density at radius 2 is 2.19 bits per heavy atom. The van der Waals surface area contributed by atoms with E-state index in [-0.39, 0.29) is 17.9 Å². The summed E-state index contributed by atoms with van der Waals surface area (Å²) >= 11 is 1.42. The maximum absolute atomic E-state index is 9.32. The van der Waals surface area contributed by atoms with Crippen molar-refractivity contribution in [2.75, 3.05) is 6.61 Å². The molecule has 0 aliphatic heterocycles. The molecule has 6 nitrogen and oxygen atoms in total. The minimum absolute atomic E-state index is 0.0331. The normalized spacial score (nSPS) is 15.4. The first kappa shape index (κ1) is 13.4. The van der Waals surface area contributed by atoms with Crippen LogP contribution in [0.3, 0.4) is 0 Å². The molecule has 0 saturated carbocycles. The van der Waals surface area contributed by atoms with Crippen LogP contribution in [-0.4, -0.2) is 43.2 Å². The average Bonchev–Trinajstić information content (AvgIpc) is 2.59. The molecular weight excluding hydrogens is 226 g/mol. The van der Waals surface area contributed by atoms with Crippen LogP contribution >= 0.6 is 11.8 Å². The van der Waals surface area contributed by atoms with Crippen LogP contribution < -0.4 is 5.73 Å². The number of hydrogen-bond acceptors (Lipinski definition) is 6. The standard InChI is InChI=1S/C9H19N5OS/c1-6(2)4-7(10)8(5-15)16-9-11-12-13-14(9)3/h6-8,15H,4-5,10H2,1-3H3. The monoisotopic (exact) mass is 245 g/mol. The average molecular weight is 245 g/mol. The van der Waals surface area contributed by atoms with E-state index in [0.29, 0.717) is 11.1 Å². The smallest absolute Gasteiger partial charge is 0.209 e. The van der Waals surface area contributed by atoms with Crippen LogP contribution in [0.15, 0.2) is 5.16 Å². The minimum Gasteiger partial charge on any atom is -0.395 e. The lowest BCUT2D eigenvalue weighted by atomic mass is 10.0. The number of aliphatic hydroxyl groups is 1. The second-order valence-corrected chi connectivity index (χ2v) is 5.42. The zero-order valence-corrected chi connectivity index (χ0v) is 10.7. The molecule has 3 N–H and O–H groups in total. The summed E-state index contributed by atoms with van der Waals surface area (Å²) in [6.45, 7) is 4.26. The van der Waals surface area contributed by atoms with Crippen molar-refractivity contribution in [1.29, 1.82) is 0 Å². The second kappa shape index (κ2) is 6.17. The molecular formula is C9H19N5OS. The van der Waals surface area contributed by atoms with Gasteiger partial charge >= 0.3 is 0 Å². The number of nitrogens with two attached hydrogens (primary N) is 1. The van der Waals surface area contributed by atoms with Crippen LogP contribution in [0.1, 0.15) is 20.3 Å². The van der Waals surface area contributed by atoms with Gasteiger partial charge in [-0.1, -0.05) is 25.6 Å². The lowest BCUT2D eigenvalue weighted by Crippen LogP contribution is -2.36. The quantitative estimate of drug-likeness (QED) is 0.688. The summed E-state index contributed by atoms with van der Waals surface area (Å²) in [4.78, 5) is 0. The van der Waals surface area contributed by atoms with E-state index in [9.17, 15) is 5.11 Å². The zero-order valence-electron chi connectivity index (χ0n) is 9.87. The Morgan fingerprint density at radius 1 is 1.50 bits per heavy atom. The molecule has 0 aliphatic carbocycles.